The molecule has 0 aliphatic carbocycles. The molecule has 4 heteroatoms. The van der Waals surface area contributed by atoms with Crippen molar-refractivity contribution in [1.29, 1.82) is 0 Å². The van der Waals surface area contributed by atoms with E-state index in [9.17, 15) is 4.79 Å². The fraction of sp³-hybridized carbons (Fsp3) is 0.0909. The smallest absolute Gasteiger partial charge is 0.305 e. The third kappa shape index (κ3) is 2.15. The second-order valence-electron chi connectivity index (χ2n) is 3.26. The SMILES string of the molecule is Cc1cnc(=O)[nH]c1-c1cccc(Br)c1. The Hall–Kier alpha value is -1.42. The molecule has 1 N–H and O–H groups in total. The van der Waals surface area contributed by atoms with Gasteiger partial charge in [-0.05, 0) is 30.2 Å². The van der Waals surface area contributed by atoms with Crippen LogP contribution in [0.25, 0.3) is 11.3 Å². The molecule has 0 radical (unpaired) electrons. The van der Waals surface area contributed by atoms with E-state index in [0.29, 0.717) is 0 Å². The van der Waals surface area contributed by atoms with Gasteiger partial charge in [-0.25, -0.2) is 9.78 Å². The Kier molecular flexibility index (Phi) is 2.68. The minimum absolute atomic E-state index is 0.324. The van der Waals surface area contributed by atoms with Crippen LogP contribution < -0.4 is 5.69 Å². The predicted octanol–water partition coefficient (Wildman–Crippen LogP) is 2.51. The van der Waals surface area contributed by atoms with Crippen LogP contribution in [0.5, 0.6) is 0 Å². The first-order chi connectivity index (χ1) is 7.16. The van der Waals surface area contributed by atoms with Gasteiger partial charge in [0, 0.05) is 10.7 Å². The zero-order chi connectivity index (χ0) is 10.8. The molecule has 1 heterocycles. The lowest BCUT2D eigenvalue weighted by Gasteiger charge is -2.04. The highest BCUT2D eigenvalue weighted by molar-refractivity contribution is 9.10. The predicted molar refractivity (Wildman–Crippen MR) is 62.7 cm³/mol. The van der Waals surface area contributed by atoms with Crippen molar-refractivity contribution < 1.29 is 0 Å². The van der Waals surface area contributed by atoms with E-state index in [4.69, 9.17) is 0 Å². The Labute approximate surface area is 95.3 Å². The van der Waals surface area contributed by atoms with Gasteiger partial charge in [-0.3, -0.25) is 0 Å². The van der Waals surface area contributed by atoms with E-state index in [1.807, 2.05) is 31.2 Å². The largest absolute Gasteiger partial charge is 0.345 e. The number of aromatic nitrogens is 2. The number of H-pyrrole nitrogens is 1. The highest BCUT2D eigenvalue weighted by atomic mass is 79.9. The lowest BCUT2D eigenvalue weighted by molar-refractivity contribution is 1.06. The van der Waals surface area contributed by atoms with E-state index in [1.165, 1.54) is 0 Å². The Balaban J connectivity index is 2.63. The zero-order valence-electron chi connectivity index (χ0n) is 8.12. The summed E-state index contributed by atoms with van der Waals surface area (Å²) in [5, 5.41) is 0. The summed E-state index contributed by atoms with van der Waals surface area (Å²) in [6, 6.07) is 7.77. The summed E-state index contributed by atoms with van der Waals surface area (Å²) in [7, 11) is 0. The van der Waals surface area contributed by atoms with Crippen molar-refractivity contribution in [1.82, 2.24) is 9.97 Å². The van der Waals surface area contributed by atoms with Gasteiger partial charge in [-0.2, -0.15) is 0 Å². The van der Waals surface area contributed by atoms with Gasteiger partial charge in [0.1, 0.15) is 0 Å². The van der Waals surface area contributed by atoms with Crippen LogP contribution in [0.2, 0.25) is 0 Å². The summed E-state index contributed by atoms with van der Waals surface area (Å²) < 4.78 is 0.983. The zero-order valence-corrected chi connectivity index (χ0v) is 9.71. The molecule has 1 aromatic heterocycles. The highest BCUT2D eigenvalue weighted by Crippen LogP contribution is 2.22. The lowest BCUT2D eigenvalue weighted by atomic mass is 10.1. The van der Waals surface area contributed by atoms with E-state index in [0.717, 1.165) is 21.3 Å². The number of nitrogens with zero attached hydrogens (tertiary/aromatic N) is 1. The second-order valence-corrected chi connectivity index (χ2v) is 4.17. The molecule has 0 saturated heterocycles. The molecule has 0 unspecified atom stereocenters. The molecule has 0 aliphatic heterocycles. The number of benzene rings is 1. The fourth-order valence-corrected chi connectivity index (χ4v) is 1.80. The van der Waals surface area contributed by atoms with E-state index in [2.05, 4.69) is 25.9 Å². The number of halogens is 1. The number of hydrogen-bond acceptors (Lipinski definition) is 2. The molecule has 0 saturated carbocycles. The molecule has 2 rings (SSSR count). The molecule has 0 fully saturated rings. The number of rotatable bonds is 1. The third-order valence-corrected chi connectivity index (χ3v) is 2.61. The molecule has 0 bridgehead atoms. The van der Waals surface area contributed by atoms with Crippen LogP contribution >= 0.6 is 15.9 Å². The van der Waals surface area contributed by atoms with Gasteiger partial charge in [-0.15, -0.1) is 0 Å². The number of aromatic amines is 1. The Morgan fingerprint density at radius 3 is 2.93 bits per heavy atom. The topological polar surface area (TPSA) is 45.8 Å². The van der Waals surface area contributed by atoms with Crippen LogP contribution in [0.15, 0.2) is 39.7 Å². The Morgan fingerprint density at radius 1 is 1.40 bits per heavy atom. The third-order valence-electron chi connectivity index (χ3n) is 2.12. The molecule has 0 spiro atoms. The van der Waals surface area contributed by atoms with E-state index in [-0.39, 0.29) is 5.69 Å². The molecule has 0 atom stereocenters. The molecule has 1 aromatic carbocycles. The summed E-state index contributed by atoms with van der Waals surface area (Å²) in [4.78, 5) is 17.5. The average molecular weight is 265 g/mol. The highest BCUT2D eigenvalue weighted by Gasteiger charge is 2.03. The Morgan fingerprint density at radius 2 is 2.20 bits per heavy atom. The van der Waals surface area contributed by atoms with E-state index in [1.54, 1.807) is 6.20 Å². The molecule has 0 amide bonds. The lowest BCUT2D eigenvalue weighted by Crippen LogP contribution is -2.11. The quantitative estimate of drug-likeness (QED) is 0.861. The first-order valence-electron chi connectivity index (χ1n) is 4.48. The van der Waals surface area contributed by atoms with Crippen molar-refractivity contribution in [2.24, 2.45) is 0 Å². The van der Waals surface area contributed by atoms with Gasteiger partial charge in [-0.1, -0.05) is 28.1 Å². The number of hydrogen-bond donors (Lipinski definition) is 1. The van der Waals surface area contributed by atoms with Crippen molar-refractivity contribution in [3.63, 3.8) is 0 Å². The maximum atomic E-state index is 11.1. The van der Waals surface area contributed by atoms with E-state index < -0.39 is 0 Å². The fourth-order valence-electron chi connectivity index (χ4n) is 1.40. The van der Waals surface area contributed by atoms with E-state index >= 15 is 0 Å². The Bertz CT molecular complexity index is 548. The van der Waals surface area contributed by atoms with Crippen molar-refractivity contribution in [2.45, 2.75) is 6.92 Å². The van der Waals surface area contributed by atoms with Crippen LogP contribution in [-0.2, 0) is 0 Å². The standard InChI is InChI=1S/C11H9BrN2O/c1-7-6-13-11(15)14-10(7)8-3-2-4-9(12)5-8/h2-6H,1H3,(H,13,14,15). The molecule has 3 nitrogen and oxygen atoms in total. The summed E-state index contributed by atoms with van der Waals surface area (Å²) in [5.41, 5.74) is 2.42. The maximum Gasteiger partial charge on any atom is 0.345 e. The molecule has 0 aliphatic rings. The first-order valence-corrected chi connectivity index (χ1v) is 5.28. The molecular weight excluding hydrogens is 256 g/mol. The average Bonchev–Trinajstić information content (AvgIpc) is 2.22. The van der Waals surface area contributed by atoms with Gasteiger partial charge in [0.15, 0.2) is 0 Å². The van der Waals surface area contributed by atoms with Crippen LogP contribution in [0, 0.1) is 6.92 Å². The minimum Gasteiger partial charge on any atom is -0.305 e. The second kappa shape index (κ2) is 3.98. The molecule has 2 aromatic rings. The van der Waals surface area contributed by atoms with Crippen LogP contribution in [0.1, 0.15) is 5.56 Å². The number of aryl methyl sites for hydroxylation is 1. The van der Waals surface area contributed by atoms with Gasteiger partial charge in [0.05, 0.1) is 5.69 Å². The molecule has 15 heavy (non-hydrogen) atoms. The van der Waals surface area contributed by atoms with Crippen LogP contribution in [0.3, 0.4) is 0 Å². The summed E-state index contributed by atoms with van der Waals surface area (Å²) in [6.07, 6.45) is 1.58. The number of nitrogens with one attached hydrogen (secondary N) is 1. The molecular formula is C11H9BrN2O. The van der Waals surface area contributed by atoms with Gasteiger partial charge in [0.2, 0.25) is 0 Å². The summed E-state index contributed by atoms with van der Waals surface area (Å²) in [5.74, 6) is 0. The summed E-state index contributed by atoms with van der Waals surface area (Å²) in [6.45, 7) is 1.92. The van der Waals surface area contributed by atoms with Crippen molar-refractivity contribution in [3.05, 3.63) is 51.0 Å². The monoisotopic (exact) mass is 264 g/mol. The van der Waals surface area contributed by atoms with Gasteiger partial charge < -0.3 is 4.98 Å². The van der Waals surface area contributed by atoms with Crippen molar-refractivity contribution in [3.8, 4) is 11.3 Å². The summed E-state index contributed by atoms with van der Waals surface area (Å²) >= 11 is 3.39. The van der Waals surface area contributed by atoms with Gasteiger partial charge >= 0.3 is 5.69 Å². The molecule has 76 valence electrons. The first kappa shape index (κ1) is 10.1. The normalized spacial score (nSPS) is 10.3. The maximum absolute atomic E-state index is 11.1. The van der Waals surface area contributed by atoms with Crippen LogP contribution in [0.4, 0.5) is 0 Å². The van der Waals surface area contributed by atoms with Crippen molar-refractivity contribution >= 4 is 15.9 Å². The minimum atomic E-state index is -0.324. The van der Waals surface area contributed by atoms with Crippen LogP contribution in [-0.4, -0.2) is 9.97 Å². The van der Waals surface area contributed by atoms with Gasteiger partial charge in [0.25, 0.3) is 0 Å². The van der Waals surface area contributed by atoms with Crippen molar-refractivity contribution in [2.75, 3.05) is 0 Å².